The van der Waals surface area contributed by atoms with Gasteiger partial charge in [0.25, 0.3) is 0 Å². The van der Waals surface area contributed by atoms with Crippen LogP contribution in [0.1, 0.15) is 23.4 Å². The smallest absolute Gasteiger partial charge is 0.317 e. The lowest BCUT2D eigenvalue weighted by atomic mass is 9.95. The predicted octanol–water partition coefficient (Wildman–Crippen LogP) is 3.86. The molecule has 1 aliphatic rings. The fraction of sp³-hybridized carbons (Fsp3) is 0.500. The van der Waals surface area contributed by atoms with Crippen LogP contribution in [0.25, 0.3) is 10.2 Å². The van der Waals surface area contributed by atoms with Gasteiger partial charge in [-0.2, -0.15) is 13.2 Å². The molecule has 6 heteroatoms. The van der Waals surface area contributed by atoms with Crippen molar-refractivity contribution in [2.45, 2.75) is 25.4 Å². The first kappa shape index (κ1) is 13.8. The summed E-state index contributed by atoms with van der Waals surface area (Å²) in [5, 5.41) is 4.26. The third-order valence-corrected chi connectivity index (χ3v) is 4.74. The summed E-state index contributed by atoms with van der Waals surface area (Å²) in [4.78, 5) is 4.38. The zero-order chi connectivity index (χ0) is 14.2. The summed E-state index contributed by atoms with van der Waals surface area (Å²) < 4.78 is 38.8. The molecule has 0 atom stereocenters. The number of nitrogens with one attached hydrogen (secondary N) is 1. The summed E-state index contributed by atoms with van der Waals surface area (Å²) in [6, 6.07) is 3.81. The molecule has 1 N–H and O–H groups in total. The Kier molecular flexibility index (Phi) is 3.69. The summed E-state index contributed by atoms with van der Waals surface area (Å²) in [7, 11) is 0. The van der Waals surface area contributed by atoms with E-state index >= 15 is 0 Å². The third-order valence-electron chi connectivity index (χ3n) is 3.68. The van der Waals surface area contributed by atoms with Gasteiger partial charge in [-0.1, -0.05) is 0 Å². The lowest BCUT2D eigenvalue weighted by Gasteiger charge is -2.21. The quantitative estimate of drug-likeness (QED) is 0.911. The van der Waals surface area contributed by atoms with Gasteiger partial charge in [0.05, 0.1) is 20.8 Å². The normalized spacial score (nSPS) is 17.8. The first-order chi connectivity index (χ1) is 9.52. The van der Waals surface area contributed by atoms with Crippen LogP contribution in [0.3, 0.4) is 0 Å². The molecule has 0 bridgehead atoms. The maximum Gasteiger partial charge on any atom is 0.416 e. The lowest BCUT2D eigenvalue weighted by Crippen LogP contribution is -2.28. The Bertz CT molecular complexity index is 600. The van der Waals surface area contributed by atoms with Gasteiger partial charge in [0, 0.05) is 6.42 Å². The van der Waals surface area contributed by atoms with E-state index in [1.807, 2.05) is 0 Å². The van der Waals surface area contributed by atoms with E-state index in [0.717, 1.165) is 54.2 Å². The number of thiazole rings is 1. The van der Waals surface area contributed by atoms with E-state index in [4.69, 9.17) is 0 Å². The molecule has 20 heavy (non-hydrogen) atoms. The first-order valence-corrected chi connectivity index (χ1v) is 7.51. The van der Waals surface area contributed by atoms with Crippen LogP contribution < -0.4 is 5.32 Å². The molecule has 2 aromatic rings. The zero-order valence-corrected chi connectivity index (χ0v) is 11.7. The molecule has 1 aromatic carbocycles. The number of fused-ring (bicyclic) bond motifs is 1. The summed E-state index contributed by atoms with van der Waals surface area (Å²) in [5.74, 6) is 0.596. The van der Waals surface area contributed by atoms with Crippen LogP contribution in [0.2, 0.25) is 0 Å². The maximum absolute atomic E-state index is 12.7. The van der Waals surface area contributed by atoms with Gasteiger partial charge < -0.3 is 5.32 Å². The van der Waals surface area contributed by atoms with Crippen molar-refractivity contribution in [2.75, 3.05) is 13.1 Å². The summed E-state index contributed by atoms with van der Waals surface area (Å²) >= 11 is 1.51. The molecule has 3 rings (SSSR count). The number of nitrogens with zero attached hydrogens (tertiary/aromatic N) is 1. The number of aromatic nitrogens is 1. The molecule has 1 saturated heterocycles. The highest BCUT2D eigenvalue weighted by molar-refractivity contribution is 7.18. The molecule has 2 heterocycles. The highest BCUT2D eigenvalue weighted by Gasteiger charge is 2.30. The van der Waals surface area contributed by atoms with E-state index < -0.39 is 11.7 Å². The Morgan fingerprint density at radius 1 is 1.25 bits per heavy atom. The van der Waals surface area contributed by atoms with Crippen molar-refractivity contribution in [2.24, 2.45) is 5.92 Å². The van der Waals surface area contributed by atoms with Crippen molar-refractivity contribution in [3.8, 4) is 0 Å². The molecule has 0 unspecified atom stereocenters. The summed E-state index contributed by atoms with van der Waals surface area (Å²) in [5.41, 5.74) is -0.155. The average molecular weight is 300 g/mol. The molecular weight excluding hydrogens is 285 g/mol. The Morgan fingerprint density at radius 2 is 2.00 bits per heavy atom. The Hall–Kier alpha value is -1.14. The van der Waals surface area contributed by atoms with Crippen LogP contribution >= 0.6 is 11.3 Å². The first-order valence-electron chi connectivity index (χ1n) is 6.70. The van der Waals surface area contributed by atoms with Gasteiger partial charge in [-0.05, 0) is 50.0 Å². The molecule has 0 spiro atoms. The predicted molar refractivity (Wildman–Crippen MR) is 73.9 cm³/mol. The highest BCUT2D eigenvalue weighted by atomic mass is 32.1. The minimum Gasteiger partial charge on any atom is -0.317 e. The largest absolute Gasteiger partial charge is 0.416 e. The highest BCUT2D eigenvalue weighted by Crippen LogP contribution is 2.33. The van der Waals surface area contributed by atoms with Crippen molar-refractivity contribution in [3.63, 3.8) is 0 Å². The molecule has 0 aliphatic carbocycles. The molecule has 108 valence electrons. The Balaban J connectivity index is 1.83. The number of hydrogen-bond donors (Lipinski definition) is 1. The number of halogens is 3. The molecule has 1 fully saturated rings. The van der Waals surface area contributed by atoms with Crippen molar-refractivity contribution in [3.05, 3.63) is 28.8 Å². The fourth-order valence-electron chi connectivity index (χ4n) is 2.57. The number of piperidine rings is 1. The monoisotopic (exact) mass is 300 g/mol. The van der Waals surface area contributed by atoms with Crippen LogP contribution in [0.4, 0.5) is 13.2 Å². The fourth-order valence-corrected chi connectivity index (χ4v) is 3.63. The van der Waals surface area contributed by atoms with E-state index in [-0.39, 0.29) is 0 Å². The second kappa shape index (κ2) is 5.33. The number of alkyl halides is 3. The lowest BCUT2D eigenvalue weighted by molar-refractivity contribution is -0.137. The van der Waals surface area contributed by atoms with Gasteiger partial charge in [-0.3, -0.25) is 0 Å². The van der Waals surface area contributed by atoms with Gasteiger partial charge in [0.2, 0.25) is 0 Å². The van der Waals surface area contributed by atoms with Gasteiger partial charge in [-0.25, -0.2) is 4.98 Å². The maximum atomic E-state index is 12.7. The van der Waals surface area contributed by atoms with Crippen molar-refractivity contribution >= 4 is 21.6 Å². The molecule has 1 aromatic heterocycles. The topological polar surface area (TPSA) is 24.9 Å². The molecule has 2 nitrogen and oxygen atoms in total. The average Bonchev–Trinajstić information content (AvgIpc) is 2.80. The minimum atomic E-state index is -4.30. The molecule has 0 saturated carbocycles. The minimum absolute atomic E-state index is 0.466. The number of benzene rings is 1. The van der Waals surface area contributed by atoms with E-state index in [9.17, 15) is 13.2 Å². The Morgan fingerprint density at radius 3 is 2.70 bits per heavy atom. The van der Waals surface area contributed by atoms with Crippen LogP contribution in [-0.4, -0.2) is 18.1 Å². The van der Waals surface area contributed by atoms with E-state index in [2.05, 4.69) is 10.3 Å². The second-order valence-electron chi connectivity index (χ2n) is 5.19. The number of rotatable bonds is 2. The molecular formula is C14H15F3N2S. The van der Waals surface area contributed by atoms with Crippen LogP contribution in [-0.2, 0) is 12.6 Å². The van der Waals surface area contributed by atoms with Crippen LogP contribution in [0.15, 0.2) is 18.2 Å². The van der Waals surface area contributed by atoms with Crippen LogP contribution in [0, 0.1) is 5.92 Å². The van der Waals surface area contributed by atoms with Crippen LogP contribution in [0.5, 0.6) is 0 Å². The summed E-state index contributed by atoms with van der Waals surface area (Å²) in [6.07, 6.45) is -1.19. The standard InChI is InChI=1S/C14H15F3N2S/c15-14(16,17)10-1-2-12-11(8-10)19-13(20-12)7-9-3-5-18-6-4-9/h1-2,8-9,18H,3-7H2. The van der Waals surface area contributed by atoms with E-state index in [0.29, 0.717) is 11.4 Å². The van der Waals surface area contributed by atoms with Gasteiger partial charge >= 0.3 is 6.18 Å². The van der Waals surface area contributed by atoms with Gasteiger partial charge in [0.1, 0.15) is 0 Å². The van der Waals surface area contributed by atoms with Crippen molar-refractivity contribution < 1.29 is 13.2 Å². The van der Waals surface area contributed by atoms with E-state index in [1.54, 1.807) is 0 Å². The second-order valence-corrected chi connectivity index (χ2v) is 6.30. The number of hydrogen-bond acceptors (Lipinski definition) is 3. The van der Waals surface area contributed by atoms with Crippen molar-refractivity contribution in [1.29, 1.82) is 0 Å². The van der Waals surface area contributed by atoms with Crippen molar-refractivity contribution in [1.82, 2.24) is 10.3 Å². The Labute approximate surface area is 119 Å². The third kappa shape index (κ3) is 2.96. The van der Waals surface area contributed by atoms with Gasteiger partial charge in [0.15, 0.2) is 0 Å². The molecule has 1 aliphatic heterocycles. The SMILES string of the molecule is FC(F)(F)c1ccc2sc(CC3CCNCC3)nc2c1. The summed E-state index contributed by atoms with van der Waals surface area (Å²) in [6.45, 7) is 2.04. The zero-order valence-electron chi connectivity index (χ0n) is 10.8. The van der Waals surface area contributed by atoms with Gasteiger partial charge in [-0.15, -0.1) is 11.3 Å². The molecule has 0 amide bonds. The molecule has 0 radical (unpaired) electrons. The van der Waals surface area contributed by atoms with E-state index in [1.165, 1.54) is 17.4 Å².